The molecule has 0 aromatic carbocycles. The molecule has 5 rings (SSSR count). The lowest BCUT2D eigenvalue weighted by Gasteiger charge is -2.33. The summed E-state index contributed by atoms with van der Waals surface area (Å²) in [6.07, 6.45) is 11.5. The number of aliphatic hydroxyl groups is 1. The highest BCUT2D eigenvalue weighted by Gasteiger charge is 2.28. The molecule has 0 spiro atoms. The zero-order valence-electron chi connectivity index (χ0n) is 20.1. The van der Waals surface area contributed by atoms with E-state index >= 15 is 0 Å². The van der Waals surface area contributed by atoms with Crippen LogP contribution in [0.2, 0.25) is 0 Å². The zero-order valence-corrected chi connectivity index (χ0v) is 20.1. The minimum atomic E-state index is -0.950. The first-order valence-electron chi connectivity index (χ1n) is 13.0. The molecule has 1 aliphatic heterocycles. The number of amides is 1. The molecule has 34 heavy (non-hydrogen) atoms. The molecule has 2 aromatic rings. The highest BCUT2D eigenvalue weighted by atomic mass is 16.3. The zero-order chi connectivity index (χ0) is 23.7. The van der Waals surface area contributed by atoms with Crippen molar-refractivity contribution >= 4 is 28.8 Å². The number of piperidine rings is 1. The molecule has 10 nitrogen and oxygen atoms in total. The number of nitrogens with two attached hydrogens (primary N) is 1. The Morgan fingerprint density at radius 1 is 1.03 bits per heavy atom. The van der Waals surface area contributed by atoms with Crippen LogP contribution in [-0.2, 0) is 4.79 Å². The summed E-state index contributed by atoms with van der Waals surface area (Å²) in [5.74, 6) is 1.21. The van der Waals surface area contributed by atoms with Crippen LogP contribution in [0.5, 0.6) is 0 Å². The second-order valence-electron chi connectivity index (χ2n) is 10.3. The Labute approximate surface area is 200 Å². The van der Waals surface area contributed by atoms with E-state index in [1.807, 2.05) is 6.33 Å². The van der Waals surface area contributed by atoms with E-state index in [0.717, 1.165) is 68.3 Å². The molecule has 10 heteroatoms. The van der Waals surface area contributed by atoms with Gasteiger partial charge in [-0.2, -0.15) is 9.97 Å². The van der Waals surface area contributed by atoms with Crippen molar-refractivity contribution in [2.45, 2.75) is 101 Å². The quantitative estimate of drug-likeness (QED) is 0.506. The van der Waals surface area contributed by atoms with E-state index < -0.39 is 6.10 Å². The Hall–Kier alpha value is -2.46. The molecule has 1 saturated heterocycles. The number of imidazole rings is 1. The standard InChI is InChI=1S/C24H38N8O2/c1-15(33)23(34)31-12-10-18(11-13-31)27-21-20-22(32(14-26-20)19-4-2-3-5-19)30-24(29-21)28-17-8-6-16(25)7-9-17/h14-19,33H,2-13,25H2,1H3,(H2,27,28,29,30). The third kappa shape index (κ3) is 4.98. The third-order valence-corrected chi connectivity index (χ3v) is 7.75. The Bertz CT molecular complexity index is 986. The number of nitrogens with zero attached hydrogens (tertiary/aromatic N) is 5. The number of hydrogen-bond donors (Lipinski definition) is 4. The summed E-state index contributed by atoms with van der Waals surface area (Å²) >= 11 is 0. The van der Waals surface area contributed by atoms with E-state index in [1.54, 1.807) is 4.90 Å². The Kier molecular flexibility index (Phi) is 6.87. The molecule has 1 unspecified atom stereocenters. The van der Waals surface area contributed by atoms with Crippen molar-refractivity contribution < 1.29 is 9.90 Å². The number of carbonyl (C=O) groups is 1. The molecule has 2 aromatic heterocycles. The van der Waals surface area contributed by atoms with Gasteiger partial charge in [0.15, 0.2) is 17.0 Å². The summed E-state index contributed by atoms with van der Waals surface area (Å²) in [7, 11) is 0. The summed E-state index contributed by atoms with van der Waals surface area (Å²) in [4.78, 5) is 28.4. The van der Waals surface area contributed by atoms with E-state index in [1.165, 1.54) is 19.8 Å². The summed E-state index contributed by atoms with van der Waals surface area (Å²) in [5.41, 5.74) is 7.80. The van der Waals surface area contributed by atoms with Crippen molar-refractivity contribution in [1.82, 2.24) is 24.4 Å². The summed E-state index contributed by atoms with van der Waals surface area (Å²) in [6, 6.07) is 1.27. The van der Waals surface area contributed by atoms with Gasteiger partial charge >= 0.3 is 0 Å². The smallest absolute Gasteiger partial charge is 0.251 e. The minimum Gasteiger partial charge on any atom is -0.384 e. The van der Waals surface area contributed by atoms with Crippen molar-refractivity contribution in [2.24, 2.45) is 5.73 Å². The minimum absolute atomic E-state index is 0.188. The lowest BCUT2D eigenvalue weighted by molar-refractivity contribution is -0.140. The van der Waals surface area contributed by atoms with Gasteiger partial charge in [-0.3, -0.25) is 4.79 Å². The van der Waals surface area contributed by atoms with Crippen LogP contribution in [0.3, 0.4) is 0 Å². The number of fused-ring (bicyclic) bond motifs is 1. The van der Waals surface area contributed by atoms with Gasteiger partial charge in [0.05, 0.1) is 6.33 Å². The second kappa shape index (κ2) is 10.0. The number of aliphatic hydroxyl groups excluding tert-OH is 1. The van der Waals surface area contributed by atoms with Gasteiger partial charge in [-0.1, -0.05) is 12.8 Å². The maximum absolute atomic E-state index is 12.1. The van der Waals surface area contributed by atoms with Gasteiger partial charge in [-0.15, -0.1) is 0 Å². The van der Waals surface area contributed by atoms with Crippen molar-refractivity contribution in [1.29, 1.82) is 0 Å². The molecule has 3 fully saturated rings. The number of nitrogens with one attached hydrogen (secondary N) is 2. The maximum atomic E-state index is 12.1. The first-order chi connectivity index (χ1) is 16.5. The SMILES string of the molecule is CC(O)C(=O)N1CCC(Nc2nc(NC3CCC(N)CC3)nc3c2ncn3C2CCCC2)CC1. The second-order valence-corrected chi connectivity index (χ2v) is 10.3. The number of carbonyl (C=O) groups excluding carboxylic acids is 1. The van der Waals surface area contributed by atoms with Gasteiger partial charge < -0.3 is 30.9 Å². The van der Waals surface area contributed by atoms with E-state index in [4.69, 9.17) is 20.7 Å². The lowest BCUT2D eigenvalue weighted by Crippen LogP contribution is -2.45. The number of anilines is 2. The van der Waals surface area contributed by atoms with Gasteiger partial charge in [-0.25, -0.2) is 4.98 Å². The van der Waals surface area contributed by atoms with Gasteiger partial charge in [-0.05, 0) is 58.3 Å². The molecule has 5 N–H and O–H groups in total. The summed E-state index contributed by atoms with van der Waals surface area (Å²) in [5, 5.41) is 16.8. The fourth-order valence-electron chi connectivity index (χ4n) is 5.68. The maximum Gasteiger partial charge on any atom is 0.251 e. The summed E-state index contributed by atoms with van der Waals surface area (Å²) in [6.45, 7) is 2.78. The molecule has 3 heterocycles. The largest absolute Gasteiger partial charge is 0.384 e. The highest BCUT2D eigenvalue weighted by Crippen LogP contribution is 2.33. The monoisotopic (exact) mass is 470 g/mol. The van der Waals surface area contributed by atoms with Crippen LogP contribution in [0.25, 0.3) is 11.2 Å². The number of aromatic nitrogens is 4. The topological polar surface area (TPSA) is 134 Å². The van der Waals surface area contributed by atoms with Crippen LogP contribution in [0.4, 0.5) is 11.8 Å². The van der Waals surface area contributed by atoms with Crippen molar-refractivity contribution in [2.75, 3.05) is 23.7 Å². The van der Waals surface area contributed by atoms with Crippen molar-refractivity contribution in [3.05, 3.63) is 6.33 Å². The van der Waals surface area contributed by atoms with E-state index in [-0.39, 0.29) is 11.9 Å². The van der Waals surface area contributed by atoms with E-state index in [2.05, 4.69) is 15.2 Å². The third-order valence-electron chi connectivity index (χ3n) is 7.75. The normalized spacial score (nSPS) is 25.6. The average Bonchev–Trinajstić information content (AvgIpc) is 3.50. The molecular formula is C24H38N8O2. The van der Waals surface area contributed by atoms with Crippen LogP contribution >= 0.6 is 0 Å². The van der Waals surface area contributed by atoms with Gasteiger partial charge in [0.25, 0.3) is 5.91 Å². The van der Waals surface area contributed by atoms with Crippen LogP contribution in [0, 0.1) is 0 Å². The first-order valence-corrected chi connectivity index (χ1v) is 13.0. The van der Waals surface area contributed by atoms with Crippen molar-refractivity contribution in [3.63, 3.8) is 0 Å². The number of hydrogen-bond acceptors (Lipinski definition) is 8. The first kappa shape index (κ1) is 23.3. The predicted molar refractivity (Wildman–Crippen MR) is 132 cm³/mol. The van der Waals surface area contributed by atoms with Gasteiger partial charge in [0, 0.05) is 37.3 Å². The summed E-state index contributed by atoms with van der Waals surface area (Å²) < 4.78 is 2.24. The molecular weight excluding hydrogens is 432 g/mol. The van der Waals surface area contributed by atoms with Crippen LogP contribution in [0.15, 0.2) is 6.33 Å². The molecule has 1 atom stereocenters. The van der Waals surface area contributed by atoms with Gasteiger partial charge in [0.2, 0.25) is 5.95 Å². The lowest BCUT2D eigenvalue weighted by atomic mass is 9.92. The number of rotatable bonds is 6. The Morgan fingerprint density at radius 2 is 1.71 bits per heavy atom. The van der Waals surface area contributed by atoms with Crippen LogP contribution in [0.1, 0.15) is 77.2 Å². The Balaban J connectivity index is 1.37. The Morgan fingerprint density at radius 3 is 2.38 bits per heavy atom. The molecule has 186 valence electrons. The van der Waals surface area contributed by atoms with E-state index in [0.29, 0.717) is 37.2 Å². The van der Waals surface area contributed by atoms with Gasteiger partial charge in [0.1, 0.15) is 6.10 Å². The number of likely N-dealkylation sites (tertiary alicyclic amines) is 1. The highest BCUT2D eigenvalue weighted by molar-refractivity contribution is 5.84. The molecule has 0 radical (unpaired) electrons. The van der Waals surface area contributed by atoms with Crippen molar-refractivity contribution in [3.8, 4) is 0 Å². The average molecular weight is 471 g/mol. The molecule has 2 aliphatic carbocycles. The fraction of sp³-hybridized carbons (Fsp3) is 0.750. The van der Waals surface area contributed by atoms with Crippen LogP contribution < -0.4 is 16.4 Å². The fourth-order valence-corrected chi connectivity index (χ4v) is 5.68. The van der Waals surface area contributed by atoms with Crippen LogP contribution in [-0.4, -0.2) is 72.8 Å². The molecule has 0 bridgehead atoms. The van der Waals surface area contributed by atoms with E-state index in [9.17, 15) is 9.90 Å². The molecule has 3 aliphatic rings. The molecule has 2 saturated carbocycles. The molecule has 1 amide bonds. The predicted octanol–water partition coefficient (Wildman–Crippen LogP) is 2.41.